The van der Waals surface area contributed by atoms with Gasteiger partial charge in [0.2, 0.25) is 5.91 Å². The van der Waals surface area contributed by atoms with Crippen LogP contribution in [0.5, 0.6) is 0 Å². The van der Waals surface area contributed by atoms with E-state index in [0.717, 1.165) is 28.0 Å². The fourth-order valence-electron chi connectivity index (χ4n) is 4.03. The molecule has 0 radical (unpaired) electrons. The summed E-state index contributed by atoms with van der Waals surface area (Å²) >= 11 is 1.72. The Morgan fingerprint density at radius 2 is 1.73 bits per heavy atom. The van der Waals surface area contributed by atoms with Gasteiger partial charge in [-0.15, -0.1) is 11.3 Å². The van der Waals surface area contributed by atoms with Crippen LogP contribution >= 0.6 is 11.3 Å². The van der Waals surface area contributed by atoms with Crippen molar-refractivity contribution in [3.63, 3.8) is 0 Å². The van der Waals surface area contributed by atoms with Crippen LogP contribution in [0.25, 0.3) is 21.0 Å². The van der Waals surface area contributed by atoms with Gasteiger partial charge in [0.15, 0.2) is 0 Å². The third kappa shape index (κ3) is 3.33. The van der Waals surface area contributed by atoms with Gasteiger partial charge in [-0.3, -0.25) is 19.5 Å². The molecule has 0 aliphatic carbocycles. The summed E-state index contributed by atoms with van der Waals surface area (Å²) in [4.78, 5) is 44.2. The number of hydrogen-bond acceptors (Lipinski definition) is 5. The number of H-pyrrole nitrogens is 1. The molecule has 2 aromatic carbocycles. The first kappa shape index (κ1) is 18.7. The third-order valence-electron chi connectivity index (χ3n) is 5.68. The summed E-state index contributed by atoms with van der Waals surface area (Å²) in [5.74, 6) is 0.181. The summed E-state index contributed by atoms with van der Waals surface area (Å²) in [6.07, 6.45) is 1.68. The maximum atomic E-state index is 12.8. The summed E-state index contributed by atoms with van der Waals surface area (Å²) < 4.78 is 2.30. The molecule has 1 fully saturated rings. The summed E-state index contributed by atoms with van der Waals surface area (Å²) in [5.41, 5.74) is 0.297. The quantitative estimate of drug-likeness (QED) is 0.552. The van der Waals surface area contributed by atoms with E-state index < -0.39 is 0 Å². The van der Waals surface area contributed by atoms with E-state index in [1.54, 1.807) is 40.5 Å². The summed E-state index contributed by atoms with van der Waals surface area (Å²) in [7, 11) is 0. The SMILES string of the molecule is O=C(Cn1[nH]c(=O)c2ccccc2c1=O)N1CCC(c2nc3ccccc3s2)CC1. The number of piperidine rings is 1. The number of benzene rings is 2. The van der Waals surface area contributed by atoms with Gasteiger partial charge >= 0.3 is 0 Å². The maximum absolute atomic E-state index is 12.8. The van der Waals surface area contributed by atoms with Gasteiger partial charge in [0.05, 0.1) is 26.0 Å². The van der Waals surface area contributed by atoms with E-state index in [9.17, 15) is 14.4 Å². The zero-order chi connectivity index (χ0) is 20.7. The average Bonchev–Trinajstić information content (AvgIpc) is 3.22. The van der Waals surface area contributed by atoms with Crippen molar-refractivity contribution in [2.75, 3.05) is 13.1 Å². The topological polar surface area (TPSA) is 88.1 Å². The molecule has 5 rings (SSSR count). The second kappa shape index (κ2) is 7.53. The number of thiazole rings is 1. The highest BCUT2D eigenvalue weighted by molar-refractivity contribution is 7.18. The van der Waals surface area contributed by atoms with Crippen molar-refractivity contribution in [2.45, 2.75) is 25.3 Å². The Balaban J connectivity index is 1.29. The molecular formula is C22H20N4O3S. The number of aromatic nitrogens is 3. The lowest BCUT2D eigenvalue weighted by Crippen LogP contribution is -2.42. The minimum atomic E-state index is -0.368. The standard InChI is InChI=1S/C22H20N4O3S/c27-19(13-26-22(29)16-6-2-1-5-15(16)20(28)24-26)25-11-9-14(10-12-25)21-23-17-7-3-4-8-18(17)30-21/h1-8,14H,9-13H2,(H,24,28). The smallest absolute Gasteiger partial charge is 0.273 e. The van der Waals surface area contributed by atoms with Crippen molar-refractivity contribution >= 4 is 38.2 Å². The van der Waals surface area contributed by atoms with Crippen LogP contribution in [0.4, 0.5) is 0 Å². The minimum Gasteiger partial charge on any atom is -0.341 e. The molecule has 152 valence electrons. The van der Waals surface area contributed by atoms with Crippen LogP contribution in [0.2, 0.25) is 0 Å². The van der Waals surface area contributed by atoms with Crippen LogP contribution in [-0.2, 0) is 11.3 Å². The van der Waals surface area contributed by atoms with Gasteiger partial charge in [0.25, 0.3) is 11.1 Å². The monoisotopic (exact) mass is 420 g/mol. The first-order valence-electron chi connectivity index (χ1n) is 9.95. The first-order valence-corrected chi connectivity index (χ1v) is 10.8. The van der Waals surface area contributed by atoms with Gasteiger partial charge < -0.3 is 4.90 Å². The Hall–Kier alpha value is -3.26. The zero-order valence-corrected chi connectivity index (χ0v) is 17.0. The van der Waals surface area contributed by atoms with Gasteiger partial charge in [-0.05, 0) is 37.1 Å². The van der Waals surface area contributed by atoms with Gasteiger partial charge in [0, 0.05) is 19.0 Å². The Morgan fingerprint density at radius 1 is 1.03 bits per heavy atom. The Labute approximate surface area is 175 Å². The lowest BCUT2D eigenvalue weighted by molar-refractivity contribution is -0.133. The number of fused-ring (bicyclic) bond motifs is 2. The van der Waals surface area contributed by atoms with Crippen molar-refractivity contribution in [3.8, 4) is 0 Å². The molecular weight excluding hydrogens is 400 g/mol. The number of carbonyl (C=O) groups excluding carboxylic acids is 1. The van der Waals surface area contributed by atoms with Crippen LogP contribution < -0.4 is 11.1 Å². The lowest BCUT2D eigenvalue weighted by atomic mass is 9.97. The van der Waals surface area contributed by atoms with E-state index in [1.165, 1.54) is 4.70 Å². The van der Waals surface area contributed by atoms with E-state index in [4.69, 9.17) is 4.98 Å². The van der Waals surface area contributed by atoms with E-state index in [2.05, 4.69) is 11.2 Å². The van der Waals surface area contributed by atoms with E-state index >= 15 is 0 Å². The molecule has 2 aromatic heterocycles. The molecule has 7 nitrogen and oxygen atoms in total. The summed E-state index contributed by atoms with van der Waals surface area (Å²) in [5, 5.41) is 4.31. The Bertz CT molecular complexity index is 1330. The van der Waals surface area contributed by atoms with Gasteiger partial charge in [-0.1, -0.05) is 24.3 Å². The number of rotatable bonds is 3. The Kier molecular flexibility index (Phi) is 4.71. The highest BCUT2D eigenvalue weighted by atomic mass is 32.1. The molecule has 30 heavy (non-hydrogen) atoms. The van der Waals surface area contributed by atoms with Crippen LogP contribution in [0.15, 0.2) is 58.1 Å². The number of para-hydroxylation sites is 1. The first-order chi connectivity index (χ1) is 14.6. The van der Waals surface area contributed by atoms with Gasteiger partial charge in [0.1, 0.15) is 6.54 Å². The average molecular weight is 420 g/mol. The van der Waals surface area contributed by atoms with Crippen molar-refractivity contribution in [2.24, 2.45) is 0 Å². The number of amides is 1. The van der Waals surface area contributed by atoms with Crippen LogP contribution in [0.1, 0.15) is 23.8 Å². The minimum absolute atomic E-state index is 0.161. The molecule has 0 saturated carbocycles. The van der Waals surface area contributed by atoms with Crippen molar-refractivity contribution in [1.82, 2.24) is 19.7 Å². The number of hydrogen-bond donors (Lipinski definition) is 1. The van der Waals surface area contributed by atoms with E-state index in [-0.39, 0.29) is 23.6 Å². The molecule has 0 atom stereocenters. The van der Waals surface area contributed by atoms with Crippen molar-refractivity contribution in [3.05, 3.63) is 74.2 Å². The highest BCUT2D eigenvalue weighted by Crippen LogP contribution is 2.33. The van der Waals surface area contributed by atoms with Crippen LogP contribution in [0, 0.1) is 0 Å². The normalized spacial score (nSPS) is 15.1. The molecule has 0 spiro atoms. The second-order valence-corrected chi connectivity index (χ2v) is 8.61. The number of nitrogens with one attached hydrogen (secondary N) is 1. The number of carbonyl (C=O) groups is 1. The Morgan fingerprint density at radius 3 is 2.50 bits per heavy atom. The molecule has 1 amide bonds. The van der Waals surface area contributed by atoms with E-state index in [1.807, 2.05) is 18.2 Å². The van der Waals surface area contributed by atoms with Crippen LogP contribution in [-0.4, -0.2) is 38.7 Å². The number of aromatic amines is 1. The molecule has 1 aliphatic rings. The predicted molar refractivity (Wildman–Crippen MR) is 117 cm³/mol. The van der Waals surface area contributed by atoms with Gasteiger partial charge in [-0.2, -0.15) is 0 Å². The molecule has 0 bridgehead atoms. The molecule has 4 aromatic rings. The molecule has 3 heterocycles. The fourth-order valence-corrected chi connectivity index (χ4v) is 5.17. The zero-order valence-electron chi connectivity index (χ0n) is 16.2. The third-order valence-corrected chi connectivity index (χ3v) is 6.88. The second-order valence-electron chi connectivity index (χ2n) is 7.55. The molecule has 8 heteroatoms. The molecule has 1 saturated heterocycles. The predicted octanol–water partition coefficient (Wildman–Crippen LogP) is 2.71. The number of nitrogens with zero attached hydrogens (tertiary/aromatic N) is 3. The molecule has 1 N–H and O–H groups in total. The van der Waals surface area contributed by atoms with Crippen molar-refractivity contribution in [1.29, 1.82) is 0 Å². The highest BCUT2D eigenvalue weighted by Gasteiger charge is 2.26. The summed E-state index contributed by atoms with van der Waals surface area (Å²) in [6.45, 7) is 1.07. The maximum Gasteiger partial charge on any atom is 0.273 e. The van der Waals surface area contributed by atoms with Gasteiger partial charge in [-0.25, -0.2) is 9.67 Å². The fraction of sp³-hybridized carbons (Fsp3) is 0.273. The van der Waals surface area contributed by atoms with E-state index in [0.29, 0.717) is 29.8 Å². The molecule has 0 unspecified atom stereocenters. The lowest BCUT2D eigenvalue weighted by Gasteiger charge is -2.31. The molecule has 1 aliphatic heterocycles. The van der Waals surface area contributed by atoms with Crippen molar-refractivity contribution < 1.29 is 4.79 Å². The number of likely N-dealkylation sites (tertiary alicyclic amines) is 1. The summed E-state index contributed by atoms with van der Waals surface area (Å²) in [6, 6.07) is 14.8. The van der Waals surface area contributed by atoms with Crippen LogP contribution in [0.3, 0.4) is 0 Å². The largest absolute Gasteiger partial charge is 0.341 e.